The lowest BCUT2D eigenvalue weighted by Crippen LogP contribution is -2.28. The third-order valence-corrected chi connectivity index (χ3v) is 5.26. The average Bonchev–Trinajstić information content (AvgIpc) is 2.85. The van der Waals surface area contributed by atoms with Crippen molar-refractivity contribution in [1.82, 2.24) is 10.3 Å². The minimum atomic E-state index is -0.985. The predicted octanol–water partition coefficient (Wildman–Crippen LogP) is 3.49. The van der Waals surface area contributed by atoms with E-state index in [0.717, 1.165) is 28.0 Å². The van der Waals surface area contributed by atoms with Crippen molar-refractivity contribution in [2.24, 2.45) is 0 Å². The van der Waals surface area contributed by atoms with Crippen LogP contribution in [0, 0.1) is 27.7 Å². The Balaban J connectivity index is 2.10. The van der Waals surface area contributed by atoms with E-state index in [9.17, 15) is 9.59 Å². The zero-order valence-electron chi connectivity index (χ0n) is 14.6. The Labute approximate surface area is 145 Å². The number of thiazole rings is 1. The van der Waals surface area contributed by atoms with Crippen molar-refractivity contribution in [2.45, 2.75) is 47.1 Å². The molecule has 5 nitrogen and oxygen atoms in total. The first kappa shape index (κ1) is 18.1. The van der Waals surface area contributed by atoms with Crippen molar-refractivity contribution in [1.29, 1.82) is 0 Å². The van der Waals surface area contributed by atoms with Crippen LogP contribution in [0.1, 0.15) is 55.6 Å². The summed E-state index contributed by atoms with van der Waals surface area (Å²) in [5.41, 5.74) is 4.91. The smallest absolute Gasteiger partial charge is 0.347 e. The zero-order chi connectivity index (χ0) is 18.0. The SMILES string of the molecule is Cc1cc(C)c(CC(=O)NC(C)c2nc(C)c(C(=O)O)s2)c(C)c1. The molecule has 2 rings (SSSR count). The van der Waals surface area contributed by atoms with Crippen molar-refractivity contribution in [3.63, 3.8) is 0 Å². The average molecular weight is 346 g/mol. The lowest BCUT2D eigenvalue weighted by Gasteiger charge is -2.14. The molecule has 2 aromatic rings. The Hall–Kier alpha value is -2.21. The first-order valence-electron chi connectivity index (χ1n) is 7.75. The van der Waals surface area contributed by atoms with Gasteiger partial charge in [-0.25, -0.2) is 9.78 Å². The number of aryl methyl sites for hydroxylation is 4. The second kappa shape index (κ2) is 7.13. The van der Waals surface area contributed by atoms with Gasteiger partial charge in [0.05, 0.1) is 18.2 Å². The third-order valence-electron chi connectivity index (χ3n) is 3.93. The molecule has 6 heteroatoms. The van der Waals surface area contributed by atoms with Gasteiger partial charge in [0.2, 0.25) is 5.91 Å². The molecule has 128 valence electrons. The van der Waals surface area contributed by atoms with Gasteiger partial charge < -0.3 is 10.4 Å². The Bertz CT molecular complexity index is 773. The quantitative estimate of drug-likeness (QED) is 0.868. The number of amides is 1. The fourth-order valence-electron chi connectivity index (χ4n) is 2.80. The predicted molar refractivity (Wildman–Crippen MR) is 94.7 cm³/mol. The molecule has 0 saturated carbocycles. The van der Waals surface area contributed by atoms with E-state index in [2.05, 4.69) is 22.4 Å². The van der Waals surface area contributed by atoms with E-state index in [-0.39, 0.29) is 16.8 Å². The summed E-state index contributed by atoms with van der Waals surface area (Å²) >= 11 is 1.11. The van der Waals surface area contributed by atoms with Gasteiger partial charge in [0.1, 0.15) is 9.88 Å². The molecular formula is C18H22N2O3S. The first-order valence-corrected chi connectivity index (χ1v) is 8.57. The highest BCUT2D eigenvalue weighted by atomic mass is 32.1. The summed E-state index contributed by atoms with van der Waals surface area (Å²) in [7, 11) is 0. The van der Waals surface area contributed by atoms with Gasteiger partial charge in [-0.1, -0.05) is 17.7 Å². The summed E-state index contributed by atoms with van der Waals surface area (Å²) < 4.78 is 0. The zero-order valence-corrected chi connectivity index (χ0v) is 15.4. The van der Waals surface area contributed by atoms with Crippen LogP contribution in [0.15, 0.2) is 12.1 Å². The van der Waals surface area contributed by atoms with Crippen LogP contribution in [0.2, 0.25) is 0 Å². The number of nitrogens with one attached hydrogen (secondary N) is 1. The van der Waals surface area contributed by atoms with Gasteiger partial charge in [-0.3, -0.25) is 4.79 Å². The summed E-state index contributed by atoms with van der Waals surface area (Å²) in [6.07, 6.45) is 0.304. The summed E-state index contributed by atoms with van der Waals surface area (Å²) in [5, 5.41) is 12.6. The van der Waals surface area contributed by atoms with Crippen LogP contribution in [0.5, 0.6) is 0 Å². The molecule has 1 atom stereocenters. The van der Waals surface area contributed by atoms with Crippen molar-refractivity contribution >= 4 is 23.2 Å². The van der Waals surface area contributed by atoms with E-state index in [1.54, 1.807) is 6.92 Å². The fraction of sp³-hybridized carbons (Fsp3) is 0.389. The molecule has 0 aliphatic carbocycles. The summed E-state index contributed by atoms with van der Waals surface area (Å²) in [6, 6.07) is 3.82. The number of hydrogen-bond acceptors (Lipinski definition) is 4. The van der Waals surface area contributed by atoms with Gasteiger partial charge in [-0.15, -0.1) is 11.3 Å². The molecule has 0 aliphatic rings. The Morgan fingerprint density at radius 3 is 2.29 bits per heavy atom. The van der Waals surface area contributed by atoms with Crippen LogP contribution in [-0.4, -0.2) is 22.0 Å². The van der Waals surface area contributed by atoms with Crippen molar-refractivity contribution in [3.8, 4) is 0 Å². The number of carboxylic acids is 1. The monoisotopic (exact) mass is 346 g/mol. The Morgan fingerprint density at radius 2 is 1.79 bits per heavy atom. The number of benzene rings is 1. The van der Waals surface area contributed by atoms with Gasteiger partial charge in [0.25, 0.3) is 0 Å². The second-order valence-corrected chi connectivity index (χ2v) is 7.15. The van der Waals surface area contributed by atoms with E-state index in [1.807, 2.05) is 27.7 Å². The molecule has 1 aromatic carbocycles. The van der Waals surface area contributed by atoms with E-state index in [1.165, 1.54) is 5.56 Å². The molecule has 0 spiro atoms. The largest absolute Gasteiger partial charge is 0.477 e. The Morgan fingerprint density at radius 1 is 1.21 bits per heavy atom. The molecule has 1 amide bonds. The maximum atomic E-state index is 12.4. The molecule has 24 heavy (non-hydrogen) atoms. The van der Waals surface area contributed by atoms with Crippen LogP contribution in [0.25, 0.3) is 0 Å². The minimum Gasteiger partial charge on any atom is -0.477 e. The number of hydrogen-bond donors (Lipinski definition) is 2. The number of nitrogens with zero attached hydrogens (tertiary/aromatic N) is 1. The van der Waals surface area contributed by atoms with Crippen molar-refractivity contribution < 1.29 is 14.7 Å². The van der Waals surface area contributed by atoms with Crippen LogP contribution in [-0.2, 0) is 11.2 Å². The number of carbonyl (C=O) groups excluding carboxylic acids is 1. The van der Waals surface area contributed by atoms with E-state index >= 15 is 0 Å². The molecule has 1 aromatic heterocycles. The van der Waals surface area contributed by atoms with Crippen molar-refractivity contribution in [2.75, 3.05) is 0 Å². The van der Waals surface area contributed by atoms with E-state index < -0.39 is 5.97 Å². The molecule has 0 aliphatic heterocycles. The second-order valence-electron chi connectivity index (χ2n) is 6.12. The molecule has 0 fully saturated rings. The maximum absolute atomic E-state index is 12.4. The number of aromatic carboxylic acids is 1. The van der Waals surface area contributed by atoms with E-state index in [0.29, 0.717) is 17.1 Å². The summed E-state index contributed by atoms with van der Waals surface area (Å²) in [4.78, 5) is 27.9. The van der Waals surface area contributed by atoms with Crippen LogP contribution in [0.3, 0.4) is 0 Å². The highest BCUT2D eigenvalue weighted by Gasteiger charge is 2.19. The standard InChI is InChI=1S/C18H22N2O3S/c1-9-6-10(2)14(11(3)7-9)8-15(21)19-13(5)17-20-12(4)16(24-17)18(22)23/h6-7,13H,8H2,1-5H3,(H,19,21)(H,22,23). The van der Waals surface area contributed by atoms with E-state index in [4.69, 9.17) is 5.11 Å². The third kappa shape index (κ3) is 4.00. The molecular weight excluding hydrogens is 324 g/mol. The van der Waals surface area contributed by atoms with Gasteiger partial charge in [-0.05, 0) is 51.3 Å². The highest BCUT2D eigenvalue weighted by Crippen LogP contribution is 2.24. The van der Waals surface area contributed by atoms with Gasteiger partial charge in [0.15, 0.2) is 0 Å². The minimum absolute atomic E-state index is 0.0951. The van der Waals surface area contributed by atoms with Gasteiger partial charge >= 0.3 is 5.97 Å². The van der Waals surface area contributed by atoms with Crippen LogP contribution in [0.4, 0.5) is 0 Å². The topological polar surface area (TPSA) is 79.3 Å². The highest BCUT2D eigenvalue weighted by molar-refractivity contribution is 7.13. The lowest BCUT2D eigenvalue weighted by atomic mass is 9.97. The summed E-state index contributed by atoms with van der Waals surface area (Å²) in [6.45, 7) is 9.54. The molecule has 1 unspecified atom stereocenters. The first-order chi connectivity index (χ1) is 11.2. The molecule has 1 heterocycles. The van der Waals surface area contributed by atoms with Gasteiger partial charge in [0, 0.05) is 0 Å². The Kier molecular flexibility index (Phi) is 5.39. The van der Waals surface area contributed by atoms with Crippen LogP contribution >= 0.6 is 11.3 Å². The normalized spacial score (nSPS) is 12.0. The van der Waals surface area contributed by atoms with Crippen LogP contribution < -0.4 is 5.32 Å². The number of carbonyl (C=O) groups is 2. The lowest BCUT2D eigenvalue weighted by molar-refractivity contribution is -0.121. The molecule has 0 bridgehead atoms. The maximum Gasteiger partial charge on any atom is 0.347 e. The number of aromatic nitrogens is 1. The molecule has 2 N–H and O–H groups in total. The van der Waals surface area contributed by atoms with Crippen molar-refractivity contribution in [3.05, 3.63) is 50.0 Å². The number of carboxylic acid groups (broad SMARTS) is 1. The fourth-order valence-corrected chi connectivity index (χ4v) is 3.71. The van der Waals surface area contributed by atoms with Gasteiger partial charge in [-0.2, -0.15) is 0 Å². The molecule has 0 saturated heterocycles. The summed E-state index contributed by atoms with van der Waals surface area (Å²) in [5.74, 6) is -1.08. The molecule has 0 radical (unpaired) electrons. The number of rotatable bonds is 5.